The molecule has 0 saturated carbocycles. The Morgan fingerprint density at radius 1 is 0.848 bits per heavy atom. The first-order chi connectivity index (χ1) is 15.9. The fourth-order valence-corrected chi connectivity index (χ4v) is 5.01. The van der Waals surface area contributed by atoms with Gasteiger partial charge >= 0.3 is 0 Å². The predicted molar refractivity (Wildman–Crippen MR) is 137 cm³/mol. The van der Waals surface area contributed by atoms with E-state index in [-0.39, 0.29) is 0 Å². The van der Waals surface area contributed by atoms with E-state index in [1.807, 2.05) is 12.1 Å². The first-order valence-corrected chi connectivity index (χ1v) is 11.6. The van der Waals surface area contributed by atoms with Gasteiger partial charge in [0.25, 0.3) is 0 Å². The van der Waals surface area contributed by atoms with E-state index in [9.17, 15) is 0 Å². The molecule has 162 valence electrons. The van der Waals surface area contributed by atoms with Crippen molar-refractivity contribution in [2.24, 2.45) is 7.05 Å². The third-order valence-electron chi connectivity index (χ3n) is 7.04. The molecule has 6 aromatic rings. The van der Waals surface area contributed by atoms with E-state index in [4.69, 9.17) is 9.40 Å². The number of aryl methyl sites for hydroxylation is 2. The number of nitrogens with zero attached hydrogens (tertiary/aromatic N) is 2. The molecule has 0 aliphatic rings. The zero-order valence-electron chi connectivity index (χ0n) is 19.7. The number of rotatable bonds is 2. The SMILES string of the molecule is Cc1cc2c(oc3nc4ccccc4cc32)c(-c2c3ccc(C(C)C)cc3cc[n+]2C)c1C. The molecule has 0 aliphatic heterocycles. The van der Waals surface area contributed by atoms with Crippen LogP contribution in [0.25, 0.3) is 55.0 Å². The maximum Gasteiger partial charge on any atom is 0.227 e. The Kier molecular flexibility index (Phi) is 4.31. The lowest BCUT2D eigenvalue weighted by molar-refractivity contribution is -0.659. The minimum atomic E-state index is 0.495. The van der Waals surface area contributed by atoms with Crippen LogP contribution in [0.1, 0.15) is 36.5 Å². The second kappa shape index (κ2) is 7.14. The Hall–Kier alpha value is -3.72. The summed E-state index contributed by atoms with van der Waals surface area (Å²) in [6, 6.07) is 21.7. The highest BCUT2D eigenvalue weighted by molar-refractivity contribution is 6.13. The summed E-state index contributed by atoms with van der Waals surface area (Å²) in [4.78, 5) is 4.85. The van der Waals surface area contributed by atoms with Crippen molar-refractivity contribution < 1.29 is 8.98 Å². The van der Waals surface area contributed by atoms with E-state index in [0.29, 0.717) is 11.6 Å². The van der Waals surface area contributed by atoms with Gasteiger partial charge in [-0.05, 0) is 66.1 Å². The van der Waals surface area contributed by atoms with Crippen LogP contribution in [0.2, 0.25) is 0 Å². The molecule has 3 heterocycles. The predicted octanol–water partition coefficient (Wildman–Crippen LogP) is 7.52. The summed E-state index contributed by atoms with van der Waals surface area (Å²) < 4.78 is 8.74. The fourth-order valence-electron chi connectivity index (χ4n) is 5.01. The average Bonchev–Trinajstić information content (AvgIpc) is 3.15. The van der Waals surface area contributed by atoms with Gasteiger partial charge in [0.2, 0.25) is 11.4 Å². The quantitative estimate of drug-likeness (QED) is 0.265. The van der Waals surface area contributed by atoms with Crippen molar-refractivity contribution in [3.63, 3.8) is 0 Å². The second-order valence-electron chi connectivity index (χ2n) is 9.48. The molecule has 3 aromatic carbocycles. The molecule has 3 aromatic heterocycles. The topological polar surface area (TPSA) is 29.9 Å². The number of pyridine rings is 2. The van der Waals surface area contributed by atoms with Crippen molar-refractivity contribution in [3.8, 4) is 11.3 Å². The Morgan fingerprint density at radius 2 is 1.67 bits per heavy atom. The van der Waals surface area contributed by atoms with Gasteiger partial charge in [-0.15, -0.1) is 0 Å². The van der Waals surface area contributed by atoms with Crippen molar-refractivity contribution in [2.75, 3.05) is 0 Å². The van der Waals surface area contributed by atoms with E-state index in [0.717, 1.165) is 32.8 Å². The van der Waals surface area contributed by atoms with E-state index in [2.05, 4.69) is 94.0 Å². The van der Waals surface area contributed by atoms with Crippen LogP contribution >= 0.6 is 0 Å². The van der Waals surface area contributed by atoms with Crippen LogP contribution in [0.5, 0.6) is 0 Å². The summed E-state index contributed by atoms with van der Waals surface area (Å²) in [5, 5.41) is 5.81. The minimum Gasteiger partial charge on any atom is -0.437 e. The third-order valence-corrected chi connectivity index (χ3v) is 7.04. The lowest BCUT2D eigenvalue weighted by Crippen LogP contribution is -2.31. The minimum absolute atomic E-state index is 0.495. The van der Waals surface area contributed by atoms with Gasteiger partial charge in [-0.25, -0.2) is 9.55 Å². The molecule has 3 nitrogen and oxygen atoms in total. The van der Waals surface area contributed by atoms with Gasteiger partial charge in [0.05, 0.1) is 16.5 Å². The standard InChI is InChI=1S/C30H27N2O/c1-17(2)20-10-11-23-21(15-20)12-13-32(5)28(23)27-19(4)18(3)14-24-25-16-22-8-6-7-9-26(22)31-30(25)33-29(24)27/h6-17H,1-5H3/q+1. The van der Waals surface area contributed by atoms with Crippen LogP contribution < -0.4 is 4.57 Å². The van der Waals surface area contributed by atoms with E-state index >= 15 is 0 Å². The molecule has 0 amide bonds. The van der Waals surface area contributed by atoms with Gasteiger partial charge < -0.3 is 4.42 Å². The van der Waals surface area contributed by atoms with Crippen molar-refractivity contribution >= 4 is 43.7 Å². The molecule has 0 N–H and O–H groups in total. The lowest BCUT2D eigenvalue weighted by atomic mass is 9.92. The van der Waals surface area contributed by atoms with E-state index in [1.54, 1.807) is 0 Å². The first kappa shape index (κ1) is 19.9. The Labute approximate surface area is 193 Å². The van der Waals surface area contributed by atoms with Crippen molar-refractivity contribution in [3.05, 3.63) is 83.6 Å². The Bertz CT molecular complexity index is 1720. The maximum atomic E-state index is 6.52. The highest BCUT2D eigenvalue weighted by Gasteiger charge is 2.25. The zero-order valence-corrected chi connectivity index (χ0v) is 19.7. The number of furan rings is 1. The van der Waals surface area contributed by atoms with Gasteiger partial charge in [-0.1, -0.05) is 44.2 Å². The van der Waals surface area contributed by atoms with Crippen LogP contribution in [0, 0.1) is 13.8 Å². The number of benzene rings is 3. The van der Waals surface area contributed by atoms with Crippen LogP contribution in [-0.4, -0.2) is 4.98 Å². The Morgan fingerprint density at radius 3 is 2.48 bits per heavy atom. The van der Waals surface area contributed by atoms with Crippen LogP contribution in [0.4, 0.5) is 0 Å². The van der Waals surface area contributed by atoms with Crippen LogP contribution in [0.3, 0.4) is 0 Å². The van der Waals surface area contributed by atoms with Crippen molar-refractivity contribution in [1.29, 1.82) is 0 Å². The average molecular weight is 432 g/mol. The maximum absolute atomic E-state index is 6.52. The molecule has 0 atom stereocenters. The van der Waals surface area contributed by atoms with Gasteiger partial charge in [0.15, 0.2) is 11.8 Å². The fraction of sp³-hybridized carbons (Fsp3) is 0.200. The number of hydrogen-bond acceptors (Lipinski definition) is 2. The molecule has 0 bridgehead atoms. The number of aromatic nitrogens is 2. The molecule has 0 unspecified atom stereocenters. The molecule has 0 radical (unpaired) electrons. The highest BCUT2D eigenvalue weighted by Crippen LogP contribution is 2.41. The molecule has 0 fully saturated rings. The van der Waals surface area contributed by atoms with E-state index in [1.165, 1.54) is 33.2 Å². The molecule has 0 saturated heterocycles. The lowest BCUT2D eigenvalue weighted by Gasteiger charge is -2.12. The molecule has 3 heteroatoms. The van der Waals surface area contributed by atoms with Gasteiger partial charge in [0, 0.05) is 22.2 Å². The molecular weight excluding hydrogens is 404 g/mol. The van der Waals surface area contributed by atoms with Crippen molar-refractivity contribution in [1.82, 2.24) is 4.98 Å². The Balaban J connectivity index is 1.75. The smallest absolute Gasteiger partial charge is 0.227 e. The summed E-state index contributed by atoms with van der Waals surface area (Å²) in [5.74, 6) is 0.495. The van der Waals surface area contributed by atoms with Gasteiger partial charge in [-0.2, -0.15) is 0 Å². The summed E-state index contributed by atoms with van der Waals surface area (Å²) in [6.07, 6.45) is 2.16. The van der Waals surface area contributed by atoms with E-state index < -0.39 is 0 Å². The number of fused-ring (bicyclic) bond motifs is 5. The molecular formula is C30H27N2O+. The first-order valence-electron chi connectivity index (χ1n) is 11.6. The molecule has 0 spiro atoms. The van der Waals surface area contributed by atoms with Gasteiger partial charge in [0.1, 0.15) is 7.05 Å². The zero-order chi connectivity index (χ0) is 22.9. The highest BCUT2D eigenvalue weighted by atomic mass is 16.3. The van der Waals surface area contributed by atoms with Gasteiger partial charge in [-0.3, -0.25) is 0 Å². The summed E-state index contributed by atoms with van der Waals surface area (Å²) >= 11 is 0. The summed E-state index contributed by atoms with van der Waals surface area (Å²) in [7, 11) is 2.12. The summed E-state index contributed by atoms with van der Waals surface area (Å²) in [6.45, 7) is 8.87. The largest absolute Gasteiger partial charge is 0.437 e. The number of para-hydroxylation sites is 1. The number of hydrogen-bond donors (Lipinski definition) is 0. The molecule has 6 rings (SSSR count). The second-order valence-corrected chi connectivity index (χ2v) is 9.48. The monoisotopic (exact) mass is 431 g/mol. The van der Waals surface area contributed by atoms with Crippen LogP contribution in [-0.2, 0) is 7.05 Å². The summed E-state index contributed by atoms with van der Waals surface area (Å²) in [5.41, 5.74) is 8.73. The third kappa shape index (κ3) is 2.96. The molecule has 33 heavy (non-hydrogen) atoms. The molecule has 0 aliphatic carbocycles. The van der Waals surface area contributed by atoms with Crippen molar-refractivity contribution in [2.45, 2.75) is 33.6 Å². The normalized spacial score (nSPS) is 12.1. The van der Waals surface area contributed by atoms with Crippen LogP contribution in [0.15, 0.2) is 71.3 Å².